The molecule has 0 saturated carbocycles. The van der Waals surface area contributed by atoms with Gasteiger partial charge in [-0.3, -0.25) is 9.78 Å². The molecular formula is C17H21N3O4. The number of hydrogen-bond donors (Lipinski definition) is 0. The summed E-state index contributed by atoms with van der Waals surface area (Å²) >= 11 is 0. The van der Waals surface area contributed by atoms with E-state index in [9.17, 15) is 4.79 Å². The summed E-state index contributed by atoms with van der Waals surface area (Å²) in [6.07, 6.45) is 3.17. The maximum atomic E-state index is 12.8. The highest BCUT2D eigenvalue weighted by Gasteiger charge is 2.36. The molecule has 0 radical (unpaired) electrons. The second-order valence-corrected chi connectivity index (χ2v) is 6.45. The summed E-state index contributed by atoms with van der Waals surface area (Å²) in [6.45, 7) is 5.31. The van der Waals surface area contributed by atoms with Gasteiger partial charge in [-0.2, -0.15) is 0 Å². The Kier molecular flexibility index (Phi) is 4.64. The molecule has 1 unspecified atom stereocenters. The van der Waals surface area contributed by atoms with Gasteiger partial charge in [0.05, 0.1) is 18.3 Å². The van der Waals surface area contributed by atoms with Crippen molar-refractivity contribution in [3.05, 3.63) is 36.3 Å². The minimum atomic E-state index is -0.436. The Morgan fingerprint density at radius 1 is 1.42 bits per heavy atom. The highest BCUT2D eigenvalue weighted by atomic mass is 16.5. The lowest BCUT2D eigenvalue weighted by molar-refractivity contribution is -0.143. The molecule has 7 heteroatoms. The van der Waals surface area contributed by atoms with Crippen LogP contribution in [0, 0.1) is 0 Å². The van der Waals surface area contributed by atoms with Gasteiger partial charge in [0.15, 0.2) is 11.5 Å². The van der Waals surface area contributed by atoms with E-state index in [4.69, 9.17) is 14.0 Å². The van der Waals surface area contributed by atoms with Crippen molar-refractivity contribution in [1.29, 1.82) is 0 Å². The van der Waals surface area contributed by atoms with Crippen LogP contribution in [0.25, 0.3) is 11.3 Å². The SMILES string of the molecule is COCC1CN(C(=O)c2cc(-c3ccncc3)on2)CC(C)(C)O1. The Bertz CT molecular complexity index is 699. The van der Waals surface area contributed by atoms with Gasteiger partial charge in [0.1, 0.15) is 0 Å². The molecule has 24 heavy (non-hydrogen) atoms. The van der Waals surface area contributed by atoms with Crippen LogP contribution in [-0.4, -0.2) is 59.5 Å². The van der Waals surface area contributed by atoms with Crippen LogP contribution in [0.2, 0.25) is 0 Å². The number of rotatable bonds is 4. The molecule has 3 heterocycles. The Hall–Kier alpha value is -2.25. The topological polar surface area (TPSA) is 77.7 Å². The fourth-order valence-electron chi connectivity index (χ4n) is 2.91. The number of aromatic nitrogens is 2. The van der Waals surface area contributed by atoms with Gasteiger partial charge >= 0.3 is 0 Å². The molecule has 1 fully saturated rings. The molecule has 2 aromatic heterocycles. The molecule has 1 aliphatic rings. The maximum absolute atomic E-state index is 12.8. The average molecular weight is 331 g/mol. The number of hydrogen-bond acceptors (Lipinski definition) is 6. The van der Waals surface area contributed by atoms with Gasteiger partial charge in [-0.05, 0) is 26.0 Å². The highest BCUT2D eigenvalue weighted by molar-refractivity contribution is 5.93. The lowest BCUT2D eigenvalue weighted by atomic mass is 10.0. The molecule has 128 valence electrons. The van der Waals surface area contributed by atoms with Crippen molar-refractivity contribution in [3.8, 4) is 11.3 Å². The fraction of sp³-hybridized carbons (Fsp3) is 0.471. The summed E-state index contributed by atoms with van der Waals surface area (Å²) in [4.78, 5) is 18.5. The zero-order valence-corrected chi connectivity index (χ0v) is 14.1. The molecule has 7 nitrogen and oxygen atoms in total. The first kappa shape index (κ1) is 16.6. The number of methoxy groups -OCH3 is 1. The molecule has 1 atom stereocenters. The second kappa shape index (κ2) is 6.70. The molecule has 0 spiro atoms. The number of morpholine rings is 1. The third kappa shape index (κ3) is 3.63. The number of amides is 1. The highest BCUT2D eigenvalue weighted by Crippen LogP contribution is 2.24. The van der Waals surface area contributed by atoms with Crippen molar-refractivity contribution in [1.82, 2.24) is 15.0 Å². The van der Waals surface area contributed by atoms with E-state index in [1.165, 1.54) is 0 Å². The minimum Gasteiger partial charge on any atom is -0.382 e. The van der Waals surface area contributed by atoms with Gasteiger partial charge in [-0.1, -0.05) is 5.16 Å². The predicted molar refractivity (Wildman–Crippen MR) is 86.5 cm³/mol. The van der Waals surface area contributed by atoms with Gasteiger partial charge in [-0.15, -0.1) is 0 Å². The monoisotopic (exact) mass is 331 g/mol. The van der Waals surface area contributed by atoms with Gasteiger partial charge in [0.25, 0.3) is 5.91 Å². The Balaban J connectivity index is 1.77. The summed E-state index contributed by atoms with van der Waals surface area (Å²) in [5.41, 5.74) is 0.682. The van der Waals surface area contributed by atoms with Crippen LogP contribution >= 0.6 is 0 Å². The Morgan fingerprint density at radius 3 is 2.88 bits per heavy atom. The molecular weight excluding hydrogens is 310 g/mol. The van der Waals surface area contributed by atoms with Crippen molar-refractivity contribution in [2.75, 3.05) is 26.8 Å². The molecule has 2 aromatic rings. The number of nitrogens with zero attached hydrogens (tertiary/aromatic N) is 3. The van der Waals surface area contributed by atoms with E-state index in [0.29, 0.717) is 25.5 Å². The van der Waals surface area contributed by atoms with E-state index in [0.717, 1.165) is 5.56 Å². The summed E-state index contributed by atoms with van der Waals surface area (Å²) in [7, 11) is 1.62. The third-order valence-corrected chi connectivity index (χ3v) is 3.82. The quantitative estimate of drug-likeness (QED) is 0.853. The maximum Gasteiger partial charge on any atom is 0.276 e. The smallest absolute Gasteiger partial charge is 0.276 e. The van der Waals surface area contributed by atoms with Crippen LogP contribution < -0.4 is 0 Å². The Morgan fingerprint density at radius 2 is 2.17 bits per heavy atom. The second-order valence-electron chi connectivity index (χ2n) is 6.45. The van der Waals surface area contributed by atoms with Crippen LogP contribution in [0.5, 0.6) is 0 Å². The zero-order valence-electron chi connectivity index (χ0n) is 14.1. The minimum absolute atomic E-state index is 0.158. The van der Waals surface area contributed by atoms with E-state index in [2.05, 4.69) is 10.1 Å². The zero-order chi connectivity index (χ0) is 17.2. The van der Waals surface area contributed by atoms with E-state index < -0.39 is 5.60 Å². The first-order valence-electron chi connectivity index (χ1n) is 7.82. The fourth-order valence-corrected chi connectivity index (χ4v) is 2.91. The number of pyridine rings is 1. The van der Waals surface area contributed by atoms with Gasteiger partial charge in [0.2, 0.25) is 0 Å². The first-order chi connectivity index (χ1) is 11.5. The summed E-state index contributed by atoms with van der Waals surface area (Å²) in [5, 5.41) is 3.93. The molecule has 0 bridgehead atoms. The molecule has 3 rings (SSSR count). The van der Waals surface area contributed by atoms with E-state index in [1.807, 2.05) is 13.8 Å². The molecule has 1 aliphatic heterocycles. The van der Waals surface area contributed by atoms with Crippen LogP contribution in [0.3, 0.4) is 0 Å². The molecule has 0 aromatic carbocycles. The normalized spacial score (nSPS) is 20.1. The van der Waals surface area contributed by atoms with Crippen LogP contribution in [0.4, 0.5) is 0 Å². The predicted octanol–water partition coefficient (Wildman–Crippen LogP) is 2.00. The number of carbonyl (C=O) groups is 1. The van der Waals surface area contributed by atoms with E-state index in [-0.39, 0.29) is 17.7 Å². The molecule has 1 saturated heterocycles. The van der Waals surface area contributed by atoms with Crippen LogP contribution in [0.15, 0.2) is 35.1 Å². The van der Waals surface area contributed by atoms with Crippen molar-refractivity contribution in [3.63, 3.8) is 0 Å². The molecule has 0 aliphatic carbocycles. The average Bonchev–Trinajstić information content (AvgIpc) is 3.04. The van der Waals surface area contributed by atoms with E-state index >= 15 is 0 Å². The van der Waals surface area contributed by atoms with Crippen molar-refractivity contribution >= 4 is 5.91 Å². The summed E-state index contributed by atoms with van der Waals surface area (Å²) < 4.78 is 16.4. The largest absolute Gasteiger partial charge is 0.382 e. The van der Waals surface area contributed by atoms with Gasteiger partial charge < -0.3 is 18.9 Å². The molecule has 0 N–H and O–H groups in total. The lowest BCUT2D eigenvalue weighted by Crippen LogP contribution is -2.55. The van der Waals surface area contributed by atoms with Crippen molar-refractivity contribution in [2.45, 2.75) is 25.6 Å². The lowest BCUT2D eigenvalue weighted by Gasteiger charge is -2.42. The van der Waals surface area contributed by atoms with Crippen LogP contribution in [-0.2, 0) is 9.47 Å². The van der Waals surface area contributed by atoms with Gasteiger partial charge in [0, 0.05) is 44.2 Å². The number of ether oxygens (including phenoxy) is 2. The summed E-state index contributed by atoms with van der Waals surface area (Å²) in [5.74, 6) is 0.373. The third-order valence-electron chi connectivity index (χ3n) is 3.82. The van der Waals surface area contributed by atoms with Gasteiger partial charge in [-0.25, -0.2) is 0 Å². The summed E-state index contributed by atoms with van der Waals surface area (Å²) in [6, 6.07) is 5.27. The van der Waals surface area contributed by atoms with Crippen molar-refractivity contribution in [2.24, 2.45) is 0 Å². The number of carbonyl (C=O) groups excluding carboxylic acids is 1. The van der Waals surface area contributed by atoms with E-state index in [1.54, 1.807) is 42.6 Å². The van der Waals surface area contributed by atoms with Crippen molar-refractivity contribution < 1.29 is 18.8 Å². The molecule has 1 amide bonds. The van der Waals surface area contributed by atoms with Crippen LogP contribution in [0.1, 0.15) is 24.3 Å². The first-order valence-corrected chi connectivity index (χ1v) is 7.82. The Labute approximate surface area is 140 Å². The standard InChI is InChI=1S/C17H21N3O4/c1-17(2)11-20(9-13(23-17)10-22-3)16(21)14-8-15(24-19-14)12-4-6-18-7-5-12/h4-8,13H,9-11H2,1-3H3.